The number of rotatable bonds is 1. The third-order valence-corrected chi connectivity index (χ3v) is 2.79. The highest BCUT2D eigenvalue weighted by molar-refractivity contribution is 5.94. The minimum atomic E-state index is -0.350. The molecule has 1 aliphatic rings. The number of nitrogens with zero attached hydrogens (tertiary/aromatic N) is 3. The van der Waals surface area contributed by atoms with Crippen molar-refractivity contribution < 1.29 is 9.53 Å². The van der Waals surface area contributed by atoms with Gasteiger partial charge in [0, 0.05) is 5.56 Å². The number of cyclic esters (lactones) is 1. The number of benzene rings is 1. The van der Waals surface area contributed by atoms with E-state index in [-0.39, 0.29) is 5.97 Å². The summed E-state index contributed by atoms with van der Waals surface area (Å²) in [5.41, 5.74) is 3.09. The van der Waals surface area contributed by atoms with Gasteiger partial charge in [-0.1, -0.05) is 35.0 Å². The van der Waals surface area contributed by atoms with Crippen molar-refractivity contribution in [1.82, 2.24) is 15.0 Å². The molecule has 0 fully saturated rings. The maximum Gasteiger partial charge on any atom is 0.359 e. The molecule has 17 heavy (non-hydrogen) atoms. The fourth-order valence-corrected chi connectivity index (χ4v) is 1.87. The molecule has 0 unspecified atom stereocenters. The van der Waals surface area contributed by atoms with Crippen molar-refractivity contribution in [3.63, 3.8) is 0 Å². The number of carbonyl (C=O) groups excluding carboxylic acids is 1. The van der Waals surface area contributed by atoms with E-state index >= 15 is 0 Å². The van der Waals surface area contributed by atoms with Gasteiger partial charge < -0.3 is 4.74 Å². The summed E-state index contributed by atoms with van der Waals surface area (Å²) in [4.78, 5) is 11.7. The van der Waals surface area contributed by atoms with Crippen LogP contribution in [0, 0.1) is 6.92 Å². The monoisotopic (exact) mass is 229 g/mol. The Hall–Kier alpha value is -2.17. The quantitative estimate of drug-likeness (QED) is 0.694. The van der Waals surface area contributed by atoms with Crippen molar-refractivity contribution in [2.24, 2.45) is 0 Å². The zero-order valence-electron chi connectivity index (χ0n) is 9.38. The zero-order valence-corrected chi connectivity index (χ0v) is 9.38. The van der Waals surface area contributed by atoms with E-state index in [0.717, 1.165) is 11.1 Å². The van der Waals surface area contributed by atoms with Crippen molar-refractivity contribution in [2.45, 2.75) is 13.5 Å². The normalized spacial score (nSPS) is 14.3. The molecule has 0 amide bonds. The van der Waals surface area contributed by atoms with Gasteiger partial charge in [0.1, 0.15) is 12.3 Å². The van der Waals surface area contributed by atoms with Crippen molar-refractivity contribution in [3.05, 3.63) is 35.5 Å². The summed E-state index contributed by atoms with van der Waals surface area (Å²) in [6.45, 7) is 2.95. The summed E-state index contributed by atoms with van der Waals surface area (Å²) in [5, 5.41) is 8.03. The molecule has 1 aliphatic heterocycles. The number of fused-ring (bicyclic) bond motifs is 1. The molecule has 0 bridgehead atoms. The predicted octanol–water partition coefficient (Wildman–Crippen LogP) is 1.42. The first kappa shape index (κ1) is 10.0. The molecule has 0 saturated heterocycles. The van der Waals surface area contributed by atoms with Gasteiger partial charge in [0.05, 0.1) is 6.54 Å². The van der Waals surface area contributed by atoms with E-state index in [9.17, 15) is 4.79 Å². The molecule has 0 aliphatic carbocycles. The van der Waals surface area contributed by atoms with Gasteiger partial charge >= 0.3 is 5.97 Å². The Morgan fingerprint density at radius 1 is 1.29 bits per heavy atom. The van der Waals surface area contributed by atoms with Gasteiger partial charge in [-0.05, 0) is 6.92 Å². The first-order chi connectivity index (χ1) is 8.25. The third kappa shape index (κ3) is 1.60. The molecule has 5 nitrogen and oxygen atoms in total. The summed E-state index contributed by atoms with van der Waals surface area (Å²) in [7, 11) is 0. The van der Waals surface area contributed by atoms with Crippen LogP contribution in [0.4, 0.5) is 0 Å². The van der Waals surface area contributed by atoms with Gasteiger partial charge in [-0.25, -0.2) is 9.48 Å². The van der Waals surface area contributed by atoms with Crippen molar-refractivity contribution in [2.75, 3.05) is 6.61 Å². The molecule has 2 aromatic rings. The van der Waals surface area contributed by atoms with Crippen molar-refractivity contribution in [3.8, 4) is 11.3 Å². The molecule has 86 valence electrons. The predicted molar refractivity (Wildman–Crippen MR) is 60.5 cm³/mol. The van der Waals surface area contributed by atoms with Crippen LogP contribution < -0.4 is 0 Å². The second-order valence-electron chi connectivity index (χ2n) is 4.01. The van der Waals surface area contributed by atoms with E-state index in [1.54, 1.807) is 4.68 Å². The average Bonchev–Trinajstić information content (AvgIpc) is 2.75. The first-order valence-electron chi connectivity index (χ1n) is 5.43. The third-order valence-electron chi connectivity index (χ3n) is 2.79. The highest BCUT2D eigenvalue weighted by Gasteiger charge is 2.26. The van der Waals surface area contributed by atoms with Gasteiger partial charge in [0.2, 0.25) is 0 Å². The molecule has 1 aromatic heterocycles. The van der Waals surface area contributed by atoms with Gasteiger partial charge in [-0.3, -0.25) is 0 Å². The Morgan fingerprint density at radius 2 is 2.06 bits per heavy atom. The number of ether oxygens (including phenoxy) is 1. The zero-order chi connectivity index (χ0) is 11.8. The lowest BCUT2D eigenvalue weighted by Gasteiger charge is -2.13. The van der Waals surface area contributed by atoms with Crippen LogP contribution >= 0.6 is 0 Å². The van der Waals surface area contributed by atoms with E-state index in [0.29, 0.717) is 24.5 Å². The van der Waals surface area contributed by atoms with E-state index in [2.05, 4.69) is 10.3 Å². The minimum Gasteiger partial charge on any atom is -0.459 e. The van der Waals surface area contributed by atoms with Crippen LogP contribution in [0.5, 0.6) is 0 Å². The largest absolute Gasteiger partial charge is 0.459 e. The van der Waals surface area contributed by atoms with Crippen LogP contribution in [0.2, 0.25) is 0 Å². The summed E-state index contributed by atoms with van der Waals surface area (Å²) in [6.07, 6.45) is 0. The lowest BCUT2D eigenvalue weighted by atomic mass is 10.1. The molecule has 5 heteroatoms. The van der Waals surface area contributed by atoms with E-state index in [1.807, 2.05) is 31.2 Å². The summed E-state index contributed by atoms with van der Waals surface area (Å²) < 4.78 is 6.61. The Kier molecular flexibility index (Phi) is 2.18. The molecule has 1 aromatic carbocycles. The Morgan fingerprint density at radius 3 is 2.82 bits per heavy atom. The minimum absolute atomic E-state index is 0.350. The van der Waals surface area contributed by atoms with Gasteiger partial charge in [0.15, 0.2) is 5.69 Å². The van der Waals surface area contributed by atoms with Crippen molar-refractivity contribution in [1.29, 1.82) is 0 Å². The van der Waals surface area contributed by atoms with Crippen LogP contribution in [0.25, 0.3) is 11.3 Å². The second-order valence-corrected chi connectivity index (χ2v) is 4.01. The Balaban J connectivity index is 2.12. The molecule has 0 N–H and O–H groups in total. The topological polar surface area (TPSA) is 57.0 Å². The van der Waals surface area contributed by atoms with Crippen molar-refractivity contribution >= 4 is 5.97 Å². The fourth-order valence-electron chi connectivity index (χ4n) is 1.87. The number of carbonyl (C=O) groups is 1. The maximum atomic E-state index is 11.7. The number of esters is 1. The van der Waals surface area contributed by atoms with Crippen LogP contribution in [0.3, 0.4) is 0 Å². The molecular formula is C12H11N3O2. The molecule has 0 atom stereocenters. The second kappa shape index (κ2) is 3.69. The molecular weight excluding hydrogens is 218 g/mol. The fraction of sp³-hybridized carbons (Fsp3) is 0.250. The molecule has 0 spiro atoms. The average molecular weight is 229 g/mol. The van der Waals surface area contributed by atoms with E-state index in [1.165, 1.54) is 0 Å². The van der Waals surface area contributed by atoms with Crippen LogP contribution in [-0.2, 0) is 11.3 Å². The number of hydrogen-bond donors (Lipinski definition) is 0. The maximum absolute atomic E-state index is 11.7. The van der Waals surface area contributed by atoms with Crippen LogP contribution in [0.15, 0.2) is 24.3 Å². The number of aryl methyl sites for hydroxylation is 1. The summed E-state index contributed by atoms with van der Waals surface area (Å²) in [6, 6.07) is 7.83. The van der Waals surface area contributed by atoms with E-state index < -0.39 is 0 Å². The Labute approximate surface area is 98.0 Å². The molecule has 0 radical (unpaired) electrons. The molecule has 0 saturated carbocycles. The standard InChI is InChI=1S/C12H11N3O2/c1-8-2-4-9(5-3-8)10-11-12(16)17-7-6-15(11)14-13-10/h2-5H,6-7H2,1H3. The Bertz CT molecular complexity index is 572. The van der Waals surface area contributed by atoms with Crippen LogP contribution in [0.1, 0.15) is 16.1 Å². The highest BCUT2D eigenvalue weighted by Crippen LogP contribution is 2.23. The van der Waals surface area contributed by atoms with Crippen LogP contribution in [-0.4, -0.2) is 27.6 Å². The highest BCUT2D eigenvalue weighted by atomic mass is 16.5. The van der Waals surface area contributed by atoms with E-state index in [4.69, 9.17) is 4.74 Å². The summed E-state index contributed by atoms with van der Waals surface area (Å²) in [5.74, 6) is -0.350. The van der Waals surface area contributed by atoms with Gasteiger partial charge in [-0.2, -0.15) is 0 Å². The SMILES string of the molecule is Cc1ccc(-c2nnn3c2C(=O)OCC3)cc1. The van der Waals surface area contributed by atoms with Gasteiger partial charge in [-0.15, -0.1) is 5.10 Å². The smallest absolute Gasteiger partial charge is 0.359 e. The number of hydrogen-bond acceptors (Lipinski definition) is 4. The number of aromatic nitrogens is 3. The molecule has 3 rings (SSSR count). The lowest BCUT2D eigenvalue weighted by molar-refractivity contribution is 0.0412. The van der Waals surface area contributed by atoms with Gasteiger partial charge in [0.25, 0.3) is 0 Å². The molecule has 2 heterocycles. The lowest BCUT2D eigenvalue weighted by Crippen LogP contribution is -2.23. The first-order valence-corrected chi connectivity index (χ1v) is 5.43. The summed E-state index contributed by atoms with van der Waals surface area (Å²) >= 11 is 0.